The highest BCUT2D eigenvalue weighted by molar-refractivity contribution is 5.90. The molecule has 1 spiro atoms. The first-order valence-corrected chi connectivity index (χ1v) is 6.64. The zero-order chi connectivity index (χ0) is 13.5. The highest BCUT2D eigenvalue weighted by Crippen LogP contribution is 2.40. The van der Waals surface area contributed by atoms with Crippen molar-refractivity contribution in [1.82, 2.24) is 10.2 Å². The van der Waals surface area contributed by atoms with Gasteiger partial charge in [0.2, 0.25) is 0 Å². The van der Waals surface area contributed by atoms with E-state index in [0.717, 1.165) is 31.7 Å². The van der Waals surface area contributed by atoms with E-state index in [1.165, 1.54) is 6.42 Å². The van der Waals surface area contributed by atoms with Crippen LogP contribution in [0, 0.1) is 0 Å². The summed E-state index contributed by atoms with van der Waals surface area (Å²) >= 11 is 0. The Labute approximate surface area is 111 Å². The largest absolute Gasteiger partial charge is 0.368 e. The fraction of sp³-hybridized carbons (Fsp3) is 0.615. The van der Waals surface area contributed by atoms with Gasteiger partial charge in [0.1, 0.15) is 0 Å². The molecule has 1 aromatic rings. The van der Waals surface area contributed by atoms with Gasteiger partial charge in [0.15, 0.2) is 11.5 Å². The first-order valence-electron chi connectivity index (χ1n) is 6.64. The summed E-state index contributed by atoms with van der Waals surface area (Å²) in [6.45, 7) is 3.73. The van der Waals surface area contributed by atoms with Crippen molar-refractivity contribution in [1.29, 1.82) is 0 Å². The Bertz CT molecular complexity index is 484. The second-order valence-electron chi connectivity index (χ2n) is 5.49. The van der Waals surface area contributed by atoms with Gasteiger partial charge in [-0.25, -0.2) is 0 Å². The standard InChI is InChI=1S/C13H18N4O2/c1-9-7-17(8-13(19-9)5-2-6-13)11-4-3-10(12(14)18)15-16-11/h3-4,9H,2,5-8H2,1H3,(H2,14,18). The lowest BCUT2D eigenvalue weighted by Gasteiger charge is -2.51. The quantitative estimate of drug-likeness (QED) is 0.849. The van der Waals surface area contributed by atoms with Gasteiger partial charge in [-0.3, -0.25) is 4.79 Å². The number of primary amides is 1. The van der Waals surface area contributed by atoms with E-state index in [9.17, 15) is 4.79 Å². The maximum atomic E-state index is 11.0. The molecule has 1 atom stereocenters. The van der Waals surface area contributed by atoms with Gasteiger partial charge in [0.05, 0.1) is 11.7 Å². The van der Waals surface area contributed by atoms with E-state index in [4.69, 9.17) is 10.5 Å². The van der Waals surface area contributed by atoms with Crippen LogP contribution in [0.2, 0.25) is 0 Å². The molecular weight excluding hydrogens is 244 g/mol. The van der Waals surface area contributed by atoms with Crippen LogP contribution in [0.15, 0.2) is 12.1 Å². The summed E-state index contributed by atoms with van der Waals surface area (Å²) in [6, 6.07) is 3.43. The van der Waals surface area contributed by atoms with Crippen LogP contribution in [-0.4, -0.2) is 40.9 Å². The van der Waals surface area contributed by atoms with Gasteiger partial charge in [-0.15, -0.1) is 10.2 Å². The number of amides is 1. The number of carbonyl (C=O) groups is 1. The number of rotatable bonds is 2. The molecular formula is C13H18N4O2. The van der Waals surface area contributed by atoms with E-state index < -0.39 is 5.91 Å². The summed E-state index contributed by atoms with van der Waals surface area (Å²) in [5, 5.41) is 7.96. The topological polar surface area (TPSA) is 81.3 Å². The molecule has 19 heavy (non-hydrogen) atoms. The van der Waals surface area contributed by atoms with Crippen LogP contribution < -0.4 is 10.6 Å². The molecule has 3 rings (SSSR count). The number of morpholine rings is 1. The summed E-state index contributed by atoms with van der Waals surface area (Å²) in [5.74, 6) is 0.233. The van der Waals surface area contributed by atoms with Gasteiger partial charge in [0.25, 0.3) is 5.91 Å². The van der Waals surface area contributed by atoms with Crippen molar-refractivity contribution in [2.75, 3.05) is 18.0 Å². The van der Waals surface area contributed by atoms with Crippen molar-refractivity contribution in [2.45, 2.75) is 37.9 Å². The lowest BCUT2D eigenvalue weighted by Crippen LogP contribution is -2.58. The Kier molecular flexibility index (Phi) is 2.89. The van der Waals surface area contributed by atoms with Crippen LogP contribution in [0.1, 0.15) is 36.7 Å². The Morgan fingerprint density at radius 2 is 2.26 bits per heavy atom. The van der Waals surface area contributed by atoms with Gasteiger partial charge in [0, 0.05) is 13.1 Å². The third-order valence-electron chi connectivity index (χ3n) is 3.90. The molecule has 2 heterocycles. The summed E-state index contributed by atoms with van der Waals surface area (Å²) in [4.78, 5) is 13.2. The summed E-state index contributed by atoms with van der Waals surface area (Å²) < 4.78 is 6.06. The molecule has 1 amide bonds. The molecule has 102 valence electrons. The van der Waals surface area contributed by atoms with Gasteiger partial charge in [-0.05, 0) is 38.3 Å². The van der Waals surface area contributed by atoms with Gasteiger partial charge in [-0.1, -0.05) is 0 Å². The van der Waals surface area contributed by atoms with Crippen molar-refractivity contribution in [3.8, 4) is 0 Å². The Morgan fingerprint density at radius 1 is 1.47 bits per heavy atom. The molecule has 0 aromatic carbocycles. The second-order valence-corrected chi connectivity index (χ2v) is 5.49. The molecule has 1 aliphatic carbocycles. The van der Waals surface area contributed by atoms with E-state index >= 15 is 0 Å². The molecule has 0 radical (unpaired) electrons. The minimum atomic E-state index is -0.551. The Balaban J connectivity index is 1.79. The zero-order valence-corrected chi connectivity index (χ0v) is 11.0. The average molecular weight is 262 g/mol. The van der Waals surface area contributed by atoms with Crippen LogP contribution in [0.3, 0.4) is 0 Å². The predicted molar refractivity (Wildman–Crippen MR) is 69.9 cm³/mol. The number of ether oxygens (including phenoxy) is 1. The molecule has 6 heteroatoms. The van der Waals surface area contributed by atoms with E-state index in [2.05, 4.69) is 22.0 Å². The van der Waals surface area contributed by atoms with Crippen molar-refractivity contribution in [2.24, 2.45) is 5.73 Å². The van der Waals surface area contributed by atoms with E-state index in [1.54, 1.807) is 12.1 Å². The van der Waals surface area contributed by atoms with Gasteiger partial charge in [-0.2, -0.15) is 0 Å². The number of nitrogens with zero attached hydrogens (tertiary/aromatic N) is 3. The fourth-order valence-corrected chi connectivity index (χ4v) is 2.87. The van der Waals surface area contributed by atoms with Crippen LogP contribution in [0.25, 0.3) is 0 Å². The van der Waals surface area contributed by atoms with Crippen molar-refractivity contribution < 1.29 is 9.53 Å². The van der Waals surface area contributed by atoms with E-state index in [1.807, 2.05) is 0 Å². The van der Waals surface area contributed by atoms with E-state index in [-0.39, 0.29) is 17.4 Å². The highest BCUT2D eigenvalue weighted by atomic mass is 16.5. The molecule has 1 aliphatic heterocycles. The van der Waals surface area contributed by atoms with Crippen molar-refractivity contribution in [3.05, 3.63) is 17.8 Å². The number of anilines is 1. The molecule has 0 bridgehead atoms. The van der Waals surface area contributed by atoms with Crippen molar-refractivity contribution >= 4 is 11.7 Å². The fourth-order valence-electron chi connectivity index (χ4n) is 2.87. The summed E-state index contributed by atoms with van der Waals surface area (Å²) in [6.07, 6.45) is 3.64. The van der Waals surface area contributed by atoms with Crippen LogP contribution in [0.4, 0.5) is 5.82 Å². The van der Waals surface area contributed by atoms with Crippen LogP contribution in [0.5, 0.6) is 0 Å². The molecule has 6 nitrogen and oxygen atoms in total. The normalized spacial score (nSPS) is 25.1. The lowest BCUT2D eigenvalue weighted by molar-refractivity contribution is -0.142. The number of hydrogen-bond donors (Lipinski definition) is 1. The lowest BCUT2D eigenvalue weighted by atomic mass is 9.78. The third-order valence-corrected chi connectivity index (χ3v) is 3.90. The smallest absolute Gasteiger partial charge is 0.269 e. The summed E-state index contributed by atoms with van der Waals surface area (Å²) in [7, 11) is 0. The maximum Gasteiger partial charge on any atom is 0.269 e. The Morgan fingerprint density at radius 3 is 2.79 bits per heavy atom. The monoisotopic (exact) mass is 262 g/mol. The third kappa shape index (κ3) is 2.28. The van der Waals surface area contributed by atoms with Gasteiger partial charge < -0.3 is 15.4 Å². The number of hydrogen-bond acceptors (Lipinski definition) is 5. The zero-order valence-electron chi connectivity index (χ0n) is 11.0. The molecule has 1 unspecified atom stereocenters. The molecule has 1 saturated heterocycles. The minimum Gasteiger partial charge on any atom is -0.368 e. The molecule has 2 fully saturated rings. The van der Waals surface area contributed by atoms with Gasteiger partial charge >= 0.3 is 0 Å². The number of carbonyl (C=O) groups excluding carboxylic acids is 1. The molecule has 2 N–H and O–H groups in total. The first-order chi connectivity index (χ1) is 9.08. The summed E-state index contributed by atoms with van der Waals surface area (Å²) in [5.41, 5.74) is 5.36. The van der Waals surface area contributed by atoms with Crippen molar-refractivity contribution in [3.63, 3.8) is 0 Å². The Hall–Kier alpha value is -1.69. The van der Waals surface area contributed by atoms with Crippen LogP contribution >= 0.6 is 0 Å². The SMILES string of the molecule is CC1CN(c2ccc(C(N)=O)nn2)CC2(CCC2)O1. The number of aromatic nitrogens is 2. The number of nitrogens with two attached hydrogens (primary N) is 1. The average Bonchev–Trinajstić information content (AvgIpc) is 2.36. The molecule has 1 saturated carbocycles. The molecule has 2 aliphatic rings. The first kappa shape index (κ1) is 12.3. The second kappa shape index (κ2) is 4.45. The molecule has 1 aromatic heterocycles. The predicted octanol–water partition coefficient (Wildman–Crippen LogP) is 0.723. The van der Waals surface area contributed by atoms with Crippen LogP contribution in [-0.2, 0) is 4.74 Å². The highest BCUT2D eigenvalue weighted by Gasteiger charge is 2.44. The van der Waals surface area contributed by atoms with E-state index in [0.29, 0.717) is 0 Å². The maximum absolute atomic E-state index is 11.0. The minimum absolute atomic E-state index is 0.00169.